The molecule has 0 aliphatic carbocycles. The van der Waals surface area contributed by atoms with Crippen molar-refractivity contribution in [3.05, 3.63) is 101 Å². The van der Waals surface area contributed by atoms with Crippen LogP contribution in [0.2, 0.25) is 0 Å². The molecule has 5 nitrogen and oxygen atoms in total. The molecule has 0 saturated carbocycles. The van der Waals surface area contributed by atoms with Gasteiger partial charge in [-0.25, -0.2) is 0 Å². The van der Waals surface area contributed by atoms with E-state index in [0.29, 0.717) is 5.56 Å². The molecule has 5 heteroatoms. The highest BCUT2D eigenvalue weighted by Gasteiger charge is 2.20. The summed E-state index contributed by atoms with van der Waals surface area (Å²) in [5.74, 6) is 1.50. The van der Waals surface area contributed by atoms with Crippen LogP contribution in [0.25, 0.3) is 43.8 Å². The van der Waals surface area contributed by atoms with Crippen molar-refractivity contribution < 1.29 is 14.4 Å². The van der Waals surface area contributed by atoms with Gasteiger partial charge < -0.3 is 9.47 Å². The zero-order valence-corrected chi connectivity index (χ0v) is 18.2. The summed E-state index contributed by atoms with van der Waals surface area (Å²) >= 11 is 0. The number of nitro groups is 1. The second-order valence-corrected chi connectivity index (χ2v) is 7.71. The lowest BCUT2D eigenvalue weighted by Crippen LogP contribution is -1.95. The molecule has 0 spiro atoms. The summed E-state index contributed by atoms with van der Waals surface area (Å²) in [5, 5.41) is 15.9. The first-order valence-electron chi connectivity index (χ1n) is 10.5. The number of nitrogens with zero attached hydrogens (tertiary/aromatic N) is 1. The van der Waals surface area contributed by atoms with Gasteiger partial charge >= 0.3 is 0 Å². The van der Waals surface area contributed by atoms with Crippen molar-refractivity contribution >= 4 is 27.2 Å². The van der Waals surface area contributed by atoms with Crippen LogP contribution in [0.4, 0.5) is 5.69 Å². The van der Waals surface area contributed by atoms with Crippen LogP contribution in [-0.4, -0.2) is 19.1 Å². The Bertz CT molecular complexity index is 1520. The SMILES string of the molecule is COc1ccc(-c2ccc(-c3ccc(OC)c4ccccc34)c([N+](=O)[O-])c2)c2ccccc12. The summed E-state index contributed by atoms with van der Waals surface area (Å²) in [7, 11) is 3.26. The Morgan fingerprint density at radius 1 is 0.606 bits per heavy atom. The topological polar surface area (TPSA) is 61.6 Å². The molecule has 0 radical (unpaired) electrons. The van der Waals surface area contributed by atoms with Crippen LogP contribution in [0.3, 0.4) is 0 Å². The van der Waals surface area contributed by atoms with Crippen molar-refractivity contribution in [1.82, 2.24) is 0 Å². The van der Waals surface area contributed by atoms with Crippen molar-refractivity contribution in [3.8, 4) is 33.8 Å². The highest BCUT2D eigenvalue weighted by Crippen LogP contribution is 2.41. The number of methoxy groups -OCH3 is 2. The van der Waals surface area contributed by atoms with E-state index in [2.05, 4.69) is 0 Å². The first-order valence-corrected chi connectivity index (χ1v) is 10.5. The number of benzene rings is 5. The molecule has 0 amide bonds. The van der Waals surface area contributed by atoms with E-state index in [1.54, 1.807) is 20.3 Å². The first-order chi connectivity index (χ1) is 16.1. The van der Waals surface area contributed by atoms with E-state index in [1.165, 1.54) is 0 Å². The average molecular weight is 435 g/mol. The van der Waals surface area contributed by atoms with Gasteiger partial charge in [-0.1, -0.05) is 60.7 Å². The Kier molecular flexibility index (Phi) is 5.15. The molecule has 162 valence electrons. The lowest BCUT2D eigenvalue weighted by molar-refractivity contribution is -0.384. The number of rotatable bonds is 5. The third-order valence-electron chi connectivity index (χ3n) is 6.00. The van der Waals surface area contributed by atoms with Crippen LogP contribution in [0.15, 0.2) is 91.0 Å². The van der Waals surface area contributed by atoms with Crippen LogP contribution < -0.4 is 9.47 Å². The van der Waals surface area contributed by atoms with Crippen molar-refractivity contribution in [2.75, 3.05) is 14.2 Å². The van der Waals surface area contributed by atoms with Crippen LogP contribution in [-0.2, 0) is 0 Å². The standard InChI is InChI=1S/C28H21NO4/c1-32-27-15-13-19(20-7-3-5-9-24(20)27)18-11-12-23(26(17-18)29(30)31)22-14-16-28(33-2)25-10-6-4-8-21(22)25/h3-17H,1-2H3. The van der Waals surface area contributed by atoms with Crippen molar-refractivity contribution in [2.45, 2.75) is 0 Å². The van der Waals surface area contributed by atoms with Gasteiger partial charge in [-0.3, -0.25) is 10.1 Å². The number of fused-ring (bicyclic) bond motifs is 2. The smallest absolute Gasteiger partial charge is 0.277 e. The van der Waals surface area contributed by atoms with Gasteiger partial charge in [0.15, 0.2) is 0 Å². The molecular weight excluding hydrogens is 414 g/mol. The first kappa shape index (κ1) is 20.5. The maximum Gasteiger partial charge on any atom is 0.277 e. The molecule has 0 aliphatic heterocycles. The van der Waals surface area contributed by atoms with E-state index in [0.717, 1.165) is 49.7 Å². The number of hydrogen-bond acceptors (Lipinski definition) is 4. The molecule has 33 heavy (non-hydrogen) atoms. The molecule has 0 unspecified atom stereocenters. The summed E-state index contributed by atoms with van der Waals surface area (Å²) in [6.07, 6.45) is 0. The minimum Gasteiger partial charge on any atom is -0.496 e. The Morgan fingerprint density at radius 2 is 1.09 bits per heavy atom. The van der Waals surface area contributed by atoms with Gasteiger partial charge in [-0.2, -0.15) is 0 Å². The molecule has 5 aromatic carbocycles. The predicted molar refractivity (Wildman–Crippen MR) is 132 cm³/mol. The number of hydrogen-bond donors (Lipinski definition) is 0. The van der Waals surface area contributed by atoms with E-state index >= 15 is 0 Å². The zero-order chi connectivity index (χ0) is 22.9. The molecule has 0 bridgehead atoms. The molecule has 0 heterocycles. The van der Waals surface area contributed by atoms with E-state index < -0.39 is 0 Å². The molecule has 0 aliphatic rings. The van der Waals surface area contributed by atoms with E-state index in [-0.39, 0.29) is 10.6 Å². The van der Waals surface area contributed by atoms with Gasteiger partial charge in [0, 0.05) is 16.8 Å². The summed E-state index contributed by atoms with van der Waals surface area (Å²) in [4.78, 5) is 11.8. The fourth-order valence-corrected chi connectivity index (χ4v) is 4.46. The molecular formula is C28H21NO4. The normalized spacial score (nSPS) is 11.0. The van der Waals surface area contributed by atoms with E-state index in [1.807, 2.05) is 84.9 Å². The van der Waals surface area contributed by atoms with Gasteiger partial charge in [0.25, 0.3) is 5.69 Å². The summed E-state index contributed by atoms with van der Waals surface area (Å²) in [6.45, 7) is 0. The van der Waals surface area contributed by atoms with Crippen LogP contribution in [0, 0.1) is 10.1 Å². The summed E-state index contributed by atoms with van der Waals surface area (Å²) in [5.41, 5.74) is 3.12. The molecule has 5 aromatic rings. The third kappa shape index (κ3) is 3.44. The summed E-state index contributed by atoms with van der Waals surface area (Å²) < 4.78 is 11.0. The van der Waals surface area contributed by atoms with Gasteiger partial charge in [-0.15, -0.1) is 0 Å². The largest absolute Gasteiger partial charge is 0.496 e. The molecule has 0 N–H and O–H groups in total. The lowest BCUT2D eigenvalue weighted by Gasteiger charge is -2.13. The lowest BCUT2D eigenvalue weighted by atomic mass is 9.92. The van der Waals surface area contributed by atoms with Crippen molar-refractivity contribution in [3.63, 3.8) is 0 Å². The van der Waals surface area contributed by atoms with Crippen LogP contribution in [0.1, 0.15) is 0 Å². The van der Waals surface area contributed by atoms with Crippen molar-refractivity contribution in [2.24, 2.45) is 0 Å². The predicted octanol–water partition coefficient (Wildman–Crippen LogP) is 7.25. The highest BCUT2D eigenvalue weighted by molar-refractivity contribution is 6.04. The number of nitro benzene ring substituents is 1. The van der Waals surface area contributed by atoms with Gasteiger partial charge in [0.05, 0.1) is 24.7 Å². The molecule has 5 rings (SSSR count). The molecule has 0 saturated heterocycles. The van der Waals surface area contributed by atoms with Gasteiger partial charge in [0.1, 0.15) is 11.5 Å². The minimum absolute atomic E-state index is 0.0581. The van der Waals surface area contributed by atoms with Crippen LogP contribution >= 0.6 is 0 Å². The Hall–Kier alpha value is -4.38. The number of ether oxygens (including phenoxy) is 2. The maximum absolute atomic E-state index is 12.2. The Labute approximate surface area is 191 Å². The third-order valence-corrected chi connectivity index (χ3v) is 6.00. The van der Waals surface area contributed by atoms with Crippen molar-refractivity contribution in [1.29, 1.82) is 0 Å². The highest BCUT2D eigenvalue weighted by atomic mass is 16.6. The van der Waals surface area contributed by atoms with Gasteiger partial charge in [-0.05, 0) is 51.7 Å². The monoisotopic (exact) mass is 435 g/mol. The van der Waals surface area contributed by atoms with Crippen LogP contribution in [0.5, 0.6) is 11.5 Å². The Balaban J connectivity index is 1.73. The maximum atomic E-state index is 12.2. The fraction of sp³-hybridized carbons (Fsp3) is 0.0714. The summed E-state index contributed by atoms with van der Waals surface area (Å²) in [6, 6.07) is 28.7. The minimum atomic E-state index is -0.316. The fourth-order valence-electron chi connectivity index (χ4n) is 4.46. The zero-order valence-electron chi connectivity index (χ0n) is 18.2. The second-order valence-electron chi connectivity index (χ2n) is 7.71. The average Bonchev–Trinajstić information content (AvgIpc) is 2.87. The molecule has 0 aromatic heterocycles. The molecule has 0 atom stereocenters. The second kappa shape index (κ2) is 8.28. The quantitative estimate of drug-likeness (QED) is 0.215. The van der Waals surface area contributed by atoms with E-state index in [9.17, 15) is 10.1 Å². The molecule has 0 fully saturated rings. The van der Waals surface area contributed by atoms with Gasteiger partial charge in [0.2, 0.25) is 0 Å². The Morgan fingerprint density at radius 3 is 1.64 bits per heavy atom. The van der Waals surface area contributed by atoms with E-state index in [4.69, 9.17) is 9.47 Å².